The van der Waals surface area contributed by atoms with Crippen LogP contribution in [0.1, 0.15) is 45.7 Å². The summed E-state index contributed by atoms with van der Waals surface area (Å²) in [4.78, 5) is 31.7. The Morgan fingerprint density at radius 3 is 2.65 bits per heavy atom. The number of hydrogen-bond acceptors (Lipinski definition) is 4. The van der Waals surface area contributed by atoms with E-state index in [1.165, 1.54) is 4.88 Å². The first kappa shape index (κ1) is 24.3. The molecule has 2 amide bonds. The van der Waals surface area contributed by atoms with Crippen molar-refractivity contribution in [3.05, 3.63) is 86.6 Å². The maximum absolute atomic E-state index is 13.6. The third-order valence-electron chi connectivity index (χ3n) is 6.12. The highest BCUT2D eigenvalue weighted by Gasteiger charge is 2.33. The van der Waals surface area contributed by atoms with Crippen LogP contribution in [0.25, 0.3) is 0 Å². The third kappa shape index (κ3) is 5.45. The summed E-state index contributed by atoms with van der Waals surface area (Å²) in [6.07, 6.45) is 1.60. The summed E-state index contributed by atoms with van der Waals surface area (Å²) < 4.78 is 6.06. The highest BCUT2D eigenvalue weighted by molar-refractivity contribution is 7.10. The zero-order valence-corrected chi connectivity index (χ0v) is 21.1. The van der Waals surface area contributed by atoms with Crippen LogP contribution >= 0.6 is 22.9 Å². The molecule has 0 saturated carbocycles. The number of aryl methyl sites for hydroxylation is 1. The molecular weight excluding hydrogens is 468 g/mol. The lowest BCUT2D eigenvalue weighted by atomic mass is 10.00. The summed E-state index contributed by atoms with van der Waals surface area (Å²) in [7, 11) is 0. The molecule has 0 fully saturated rings. The highest BCUT2D eigenvalue weighted by Crippen LogP contribution is 2.34. The van der Waals surface area contributed by atoms with Crippen molar-refractivity contribution in [2.45, 2.75) is 32.7 Å². The maximum Gasteiger partial charge on any atom is 0.254 e. The molecule has 1 aromatic heterocycles. The maximum atomic E-state index is 13.6. The summed E-state index contributed by atoms with van der Waals surface area (Å²) in [5.74, 6) is 0.550. The van der Waals surface area contributed by atoms with Gasteiger partial charge in [0.1, 0.15) is 18.9 Å². The second-order valence-corrected chi connectivity index (χ2v) is 9.90. The minimum absolute atomic E-state index is 0.0535. The average molecular weight is 497 g/mol. The van der Waals surface area contributed by atoms with Gasteiger partial charge in [-0.1, -0.05) is 36.7 Å². The van der Waals surface area contributed by atoms with Gasteiger partial charge in [-0.3, -0.25) is 9.59 Å². The van der Waals surface area contributed by atoms with Gasteiger partial charge in [0.25, 0.3) is 5.91 Å². The van der Waals surface area contributed by atoms with E-state index in [1.54, 1.807) is 28.4 Å². The molecule has 2 aromatic carbocycles. The highest BCUT2D eigenvalue weighted by atomic mass is 35.5. The van der Waals surface area contributed by atoms with E-state index >= 15 is 0 Å². The molecule has 0 spiro atoms. The molecule has 1 atom stereocenters. The Labute approximate surface area is 209 Å². The SMILES string of the molecule is CCCN(CC(=O)N1CCc2sccc2[C@H]1COc1ccc(Cl)cc1)C(=O)c1ccccc1C. The minimum atomic E-state index is -0.199. The summed E-state index contributed by atoms with van der Waals surface area (Å²) in [5, 5.41) is 2.72. The number of carbonyl (C=O) groups is 2. The van der Waals surface area contributed by atoms with E-state index in [1.807, 2.05) is 55.1 Å². The molecule has 0 aliphatic carbocycles. The predicted molar refractivity (Wildman–Crippen MR) is 137 cm³/mol. The van der Waals surface area contributed by atoms with E-state index in [-0.39, 0.29) is 24.4 Å². The van der Waals surface area contributed by atoms with Gasteiger partial charge in [0.05, 0.1) is 6.04 Å². The fraction of sp³-hybridized carbons (Fsp3) is 0.333. The van der Waals surface area contributed by atoms with E-state index in [0.717, 1.165) is 24.0 Å². The number of ether oxygens (including phenoxy) is 1. The van der Waals surface area contributed by atoms with Crippen LogP contribution in [0, 0.1) is 6.92 Å². The lowest BCUT2D eigenvalue weighted by Crippen LogP contribution is -2.48. The van der Waals surface area contributed by atoms with Crippen LogP contribution < -0.4 is 4.74 Å². The van der Waals surface area contributed by atoms with Crippen LogP contribution in [0.3, 0.4) is 0 Å². The van der Waals surface area contributed by atoms with Crippen LogP contribution in [-0.2, 0) is 11.2 Å². The Balaban J connectivity index is 1.52. The van der Waals surface area contributed by atoms with Crippen LogP contribution in [0.4, 0.5) is 0 Å². The van der Waals surface area contributed by atoms with Gasteiger partial charge in [-0.2, -0.15) is 0 Å². The average Bonchev–Trinajstić information content (AvgIpc) is 3.32. The first-order valence-electron chi connectivity index (χ1n) is 11.6. The van der Waals surface area contributed by atoms with Crippen LogP contribution in [-0.4, -0.2) is 47.9 Å². The molecular formula is C27H29ClN2O3S. The van der Waals surface area contributed by atoms with Gasteiger partial charge >= 0.3 is 0 Å². The van der Waals surface area contributed by atoms with Gasteiger partial charge < -0.3 is 14.5 Å². The molecule has 1 aliphatic heterocycles. The van der Waals surface area contributed by atoms with Crippen molar-refractivity contribution in [3.8, 4) is 5.75 Å². The number of carbonyl (C=O) groups excluding carboxylic acids is 2. The predicted octanol–water partition coefficient (Wildman–Crippen LogP) is 5.77. The Bertz CT molecular complexity index is 1140. The van der Waals surface area contributed by atoms with E-state index in [4.69, 9.17) is 16.3 Å². The summed E-state index contributed by atoms with van der Waals surface area (Å²) in [6, 6.07) is 16.6. The lowest BCUT2D eigenvalue weighted by Gasteiger charge is -2.37. The molecule has 2 heterocycles. The first-order valence-corrected chi connectivity index (χ1v) is 12.8. The van der Waals surface area contributed by atoms with Crippen molar-refractivity contribution in [3.63, 3.8) is 0 Å². The van der Waals surface area contributed by atoms with Gasteiger partial charge in [0.15, 0.2) is 0 Å². The minimum Gasteiger partial charge on any atom is -0.491 e. The molecule has 0 radical (unpaired) electrons. The zero-order valence-electron chi connectivity index (χ0n) is 19.5. The van der Waals surface area contributed by atoms with Gasteiger partial charge in [0, 0.05) is 28.6 Å². The molecule has 178 valence electrons. The fourth-order valence-corrected chi connectivity index (χ4v) is 5.39. The van der Waals surface area contributed by atoms with Gasteiger partial charge in [0.2, 0.25) is 5.91 Å². The molecule has 0 bridgehead atoms. The third-order valence-corrected chi connectivity index (χ3v) is 7.37. The van der Waals surface area contributed by atoms with E-state index in [2.05, 4.69) is 11.4 Å². The summed E-state index contributed by atoms with van der Waals surface area (Å²) >= 11 is 7.71. The largest absolute Gasteiger partial charge is 0.491 e. The fourth-order valence-electron chi connectivity index (χ4n) is 4.34. The topological polar surface area (TPSA) is 49.9 Å². The number of halogens is 1. The van der Waals surface area contributed by atoms with E-state index in [9.17, 15) is 9.59 Å². The van der Waals surface area contributed by atoms with Crippen molar-refractivity contribution in [2.75, 3.05) is 26.2 Å². The van der Waals surface area contributed by atoms with Crippen molar-refractivity contribution in [1.82, 2.24) is 9.80 Å². The molecule has 1 aliphatic rings. The number of fused-ring (bicyclic) bond motifs is 1. The molecule has 7 heteroatoms. The Morgan fingerprint density at radius 2 is 1.91 bits per heavy atom. The lowest BCUT2D eigenvalue weighted by molar-refractivity contribution is -0.135. The molecule has 5 nitrogen and oxygen atoms in total. The quantitative estimate of drug-likeness (QED) is 0.398. The molecule has 3 aromatic rings. The summed E-state index contributed by atoms with van der Waals surface area (Å²) in [5.41, 5.74) is 2.69. The number of benzene rings is 2. The van der Waals surface area contributed by atoms with Crippen LogP contribution in [0.2, 0.25) is 5.02 Å². The van der Waals surface area contributed by atoms with Crippen LogP contribution in [0.15, 0.2) is 60.0 Å². The number of rotatable bonds is 8. The normalized spacial score (nSPS) is 15.0. The second kappa shape index (κ2) is 11.1. The van der Waals surface area contributed by atoms with Crippen molar-refractivity contribution in [1.29, 1.82) is 0 Å². The van der Waals surface area contributed by atoms with Gasteiger partial charge in [-0.05, 0) is 72.7 Å². The smallest absolute Gasteiger partial charge is 0.254 e. The number of thiophene rings is 1. The van der Waals surface area contributed by atoms with Gasteiger partial charge in [-0.25, -0.2) is 0 Å². The van der Waals surface area contributed by atoms with Gasteiger partial charge in [-0.15, -0.1) is 11.3 Å². The van der Waals surface area contributed by atoms with E-state index < -0.39 is 0 Å². The Hall–Kier alpha value is -2.83. The molecule has 0 N–H and O–H groups in total. The molecule has 4 rings (SSSR count). The molecule has 0 saturated heterocycles. The van der Waals surface area contributed by atoms with Crippen molar-refractivity contribution < 1.29 is 14.3 Å². The van der Waals surface area contributed by atoms with Crippen molar-refractivity contribution >= 4 is 34.8 Å². The number of nitrogens with zero attached hydrogens (tertiary/aromatic N) is 2. The zero-order chi connectivity index (χ0) is 24.1. The molecule has 0 unspecified atom stereocenters. The Kier molecular flexibility index (Phi) is 7.91. The standard InChI is InChI=1S/C27H29ClN2O3S/c1-3-14-29(27(32)22-7-5-4-6-19(22)2)17-26(31)30-15-12-25-23(13-16-34-25)24(30)18-33-21-10-8-20(28)9-11-21/h4-11,13,16,24H,3,12,14-15,17-18H2,1-2H3/t24-/m1/s1. The monoisotopic (exact) mass is 496 g/mol. The van der Waals surface area contributed by atoms with E-state index in [0.29, 0.717) is 36.0 Å². The first-order chi connectivity index (χ1) is 16.5. The Morgan fingerprint density at radius 1 is 1.15 bits per heavy atom. The number of amides is 2. The summed E-state index contributed by atoms with van der Waals surface area (Å²) in [6.45, 7) is 5.48. The second-order valence-electron chi connectivity index (χ2n) is 8.46. The number of hydrogen-bond donors (Lipinski definition) is 0. The van der Waals surface area contributed by atoms with Crippen molar-refractivity contribution in [2.24, 2.45) is 0 Å². The molecule has 34 heavy (non-hydrogen) atoms. The van der Waals surface area contributed by atoms with Crippen LogP contribution in [0.5, 0.6) is 5.75 Å².